The molecule has 0 aliphatic heterocycles. The third-order valence-corrected chi connectivity index (χ3v) is 3.39. The van der Waals surface area contributed by atoms with E-state index in [0.717, 1.165) is 23.4 Å². The molecule has 0 unspecified atom stereocenters. The van der Waals surface area contributed by atoms with E-state index in [0.29, 0.717) is 13.1 Å². The van der Waals surface area contributed by atoms with Crippen molar-refractivity contribution in [1.29, 1.82) is 0 Å². The first-order valence-corrected chi connectivity index (χ1v) is 7.05. The highest BCUT2D eigenvalue weighted by atomic mass is 16.5. The van der Waals surface area contributed by atoms with Crippen LogP contribution in [0.1, 0.15) is 28.1 Å². The number of rotatable bonds is 5. The molecule has 1 aromatic heterocycles. The molecule has 21 heavy (non-hydrogen) atoms. The smallest absolute Gasteiger partial charge is 0.315 e. The fourth-order valence-electron chi connectivity index (χ4n) is 2.17. The van der Waals surface area contributed by atoms with E-state index in [1.165, 1.54) is 11.1 Å². The van der Waals surface area contributed by atoms with Gasteiger partial charge in [-0.2, -0.15) is 0 Å². The summed E-state index contributed by atoms with van der Waals surface area (Å²) in [5.74, 6) is 0.743. The van der Waals surface area contributed by atoms with Crippen LogP contribution in [0.3, 0.4) is 0 Å². The van der Waals surface area contributed by atoms with Gasteiger partial charge in [0, 0.05) is 18.7 Å². The number of carbonyl (C=O) groups excluding carboxylic acids is 1. The Kier molecular flexibility index (Phi) is 4.98. The van der Waals surface area contributed by atoms with Crippen molar-refractivity contribution < 1.29 is 9.32 Å². The Balaban J connectivity index is 1.73. The number of nitrogens with zero attached hydrogens (tertiary/aromatic N) is 1. The van der Waals surface area contributed by atoms with Gasteiger partial charge in [-0.15, -0.1) is 0 Å². The maximum atomic E-state index is 11.7. The van der Waals surface area contributed by atoms with E-state index in [1.54, 1.807) is 0 Å². The largest absolute Gasteiger partial charge is 0.361 e. The van der Waals surface area contributed by atoms with Crippen LogP contribution in [-0.2, 0) is 13.0 Å². The number of amides is 2. The van der Waals surface area contributed by atoms with Crippen LogP contribution >= 0.6 is 0 Å². The molecule has 0 saturated carbocycles. The zero-order valence-corrected chi connectivity index (χ0v) is 12.7. The van der Waals surface area contributed by atoms with E-state index >= 15 is 0 Å². The maximum Gasteiger partial charge on any atom is 0.315 e. The third kappa shape index (κ3) is 4.34. The lowest BCUT2D eigenvalue weighted by molar-refractivity contribution is 0.240. The number of nitrogens with one attached hydrogen (secondary N) is 2. The minimum absolute atomic E-state index is 0.178. The highest BCUT2D eigenvalue weighted by molar-refractivity contribution is 5.73. The quantitative estimate of drug-likeness (QED) is 0.888. The molecule has 2 rings (SSSR count). The summed E-state index contributed by atoms with van der Waals surface area (Å²) < 4.78 is 5.06. The Morgan fingerprint density at radius 2 is 2.05 bits per heavy atom. The Labute approximate surface area is 124 Å². The molecule has 0 atom stereocenters. The van der Waals surface area contributed by atoms with Crippen LogP contribution in [0.5, 0.6) is 0 Å². The van der Waals surface area contributed by atoms with E-state index in [1.807, 2.05) is 19.9 Å². The van der Waals surface area contributed by atoms with Crippen LogP contribution in [0, 0.1) is 20.8 Å². The van der Waals surface area contributed by atoms with Gasteiger partial charge >= 0.3 is 6.03 Å². The van der Waals surface area contributed by atoms with Crippen molar-refractivity contribution in [3.8, 4) is 0 Å². The number of hydrogen-bond acceptors (Lipinski definition) is 3. The molecule has 1 aromatic carbocycles. The van der Waals surface area contributed by atoms with E-state index in [2.05, 4.69) is 40.9 Å². The van der Waals surface area contributed by atoms with Gasteiger partial charge in [-0.25, -0.2) is 4.79 Å². The van der Waals surface area contributed by atoms with Gasteiger partial charge in [-0.1, -0.05) is 35.0 Å². The van der Waals surface area contributed by atoms with Crippen molar-refractivity contribution in [1.82, 2.24) is 15.8 Å². The first-order chi connectivity index (χ1) is 10.1. The zero-order valence-electron chi connectivity index (χ0n) is 12.7. The second-order valence-corrected chi connectivity index (χ2v) is 5.15. The van der Waals surface area contributed by atoms with Crippen LogP contribution in [0.25, 0.3) is 0 Å². The summed E-state index contributed by atoms with van der Waals surface area (Å²) in [6, 6.07) is 8.11. The lowest BCUT2D eigenvalue weighted by atomic mass is 10.1. The Morgan fingerprint density at radius 3 is 2.71 bits per heavy atom. The standard InChI is InChI=1S/C16H21N3O2/c1-11-5-4-6-14(9-11)7-8-17-16(20)18-10-15-12(2)19-21-13(15)3/h4-6,9H,7-8,10H2,1-3H3,(H2,17,18,20). The molecule has 0 aliphatic carbocycles. The monoisotopic (exact) mass is 287 g/mol. The molecular formula is C16H21N3O2. The first kappa shape index (κ1) is 15.1. The lowest BCUT2D eigenvalue weighted by Crippen LogP contribution is -2.36. The summed E-state index contributed by atoms with van der Waals surface area (Å²) in [5, 5.41) is 9.52. The Bertz CT molecular complexity index is 600. The van der Waals surface area contributed by atoms with Gasteiger partial charge in [-0.05, 0) is 32.8 Å². The summed E-state index contributed by atoms with van der Waals surface area (Å²) in [4.78, 5) is 11.7. The van der Waals surface area contributed by atoms with Crippen molar-refractivity contribution in [2.45, 2.75) is 33.7 Å². The fraction of sp³-hybridized carbons (Fsp3) is 0.375. The van der Waals surface area contributed by atoms with Gasteiger partial charge < -0.3 is 15.2 Å². The van der Waals surface area contributed by atoms with Gasteiger partial charge in [0.15, 0.2) is 0 Å². The van der Waals surface area contributed by atoms with Gasteiger partial charge in [0.2, 0.25) is 0 Å². The summed E-state index contributed by atoms with van der Waals surface area (Å²) in [5.41, 5.74) is 4.20. The predicted molar refractivity (Wildman–Crippen MR) is 81.1 cm³/mol. The molecule has 5 nitrogen and oxygen atoms in total. The molecule has 112 valence electrons. The number of hydrogen-bond donors (Lipinski definition) is 2. The highest BCUT2D eigenvalue weighted by Gasteiger charge is 2.09. The molecule has 2 N–H and O–H groups in total. The summed E-state index contributed by atoms with van der Waals surface area (Å²) in [7, 11) is 0. The average Bonchev–Trinajstić information content (AvgIpc) is 2.76. The molecule has 2 aromatic rings. The van der Waals surface area contributed by atoms with Crippen LogP contribution in [0.4, 0.5) is 4.79 Å². The number of aromatic nitrogens is 1. The van der Waals surface area contributed by atoms with Crippen LogP contribution < -0.4 is 10.6 Å². The van der Waals surface area contributed by atoms with Crippen molar-refractivity contribution in [2.75, 3.05) is 6.54 Å². The Hall–Kier alpha value is -2.30. The molecule has 0 spiro atoms. The normalized spacial score (nSPS) is 10.4. The lowest BCUT2D eigenvalue weighted by Gasteiger charge is -2.08. The molecule has 0 saturated heterocycles. The van der Waals surface area contributed by atoms with E-state index in [4.69, 9.17) is 4.52 Å². The molecule has 1 heterocycles. The minimum Gasteiger partial charge on any atom is -0.361 e. The number of aryl methyl sites for hydroxylation is 3. The molecular weight excluding hydrogens is 266 g/mol. The summed E-state index contributed by atoms with van der Waals surface area (Å²) in [6.45, 7) is 6.80. The van der Waals surface area contributed by atoms with Crippen LogP contribution in [0.15, 0.2) is 28.8 Å². The van der Waals surface area contributed by atoms with Gasteiger partial charge in [0.1, 0.15) is 5.76 Å². The first-order valence-electron chi connectivity index (χ1n) is 7.05. The second kappa shape index (κ2) is 6.92. The SMILES string of the molecule is Cc1cccc(CCNC(=O)NCc2c(C)noc2C)c1. The summed E-state index contributed by atoms with van der Waals surface area (Å²) >= 11 is 0. The van der Waals surface area contributed by atoms with E-state index in [9.17, 15) is 4.79 Å². The van der Waals surface area contributed by atoms with Crippen molar-refractivity contribution in [3.05, 3.63) is 52.4 Å². The molecule has 0 aliphatic rings. The van der Waals surface area contributed by atoms with Gasteiger partial charge in [0.05, 0.1) is 5.69 Å². The number of benzene rings is 1. The molecule has 2 amide bonds. The minimum atomic E-state index is -0.178. The topological polar surface area (TPSA) is 67.2 Å². The molecule has 0 radical (unpaired) electrons. The summed E-state index contributed by atoms with van der Waals surface area (Å²) in [6.07, 6.45) is 0.820. The van der Waals surface area contributed by atoms with Crippen molar-refractivity contribution in [2.24, 2.45) is 0 Å². The fourth-order valence-corrected chi connectivity index (χ4v) is 2.17. The Morgan fingerprint density at radius 1 is 1.24 bits per heavy atom. The van der Waals surface area contributed by atoms with E-state index in [-0.39, 0.29) is 6.03 Å². The molecule has 5 heteroatoms. The second-order valence-electron chi connectivity index (χ2n) is 5.15. The van der Waals surface area contributed by atoms with Gasteiger partial charge in [-0.3, -0.25) is 0 Å². The van der Waals surface area contributed by atoms with Crippen molar-refractivity contribution in [3.63, 3.8) is 0 Å². The molecule has 0 fully saturated rings. The number of urea groups is 1. The van der Waals surface area contributed by atoms with Crippen LogP contribution in [-0.4, -0.2) is 17.7 Å². The van der Waals surface area contributed by atoms with Crippen molar-refractivity contribution >= 4 is 6.03 Å². The molecule has 0 bridgehead atoms. The predicted octanol–water partition coefficient (Wildman–Crippen LogP) is 2.64. The van der Waals surface area contributed by atoms with E-state index < -0.39 is 0 Å². The van der Waals surface area contributed by atoms with Gasteiger partial charge in [0.25, 0.3) is 0 Å². The average molecular weight is 287 g/mol. The number of carbonyl (C=O) groups is 1. The highest BCUT2D eigenvalue weighted by Crippen LogP contribution is 2.11. The van der Waals surface area contributed by atoms with Crippen LogP contribution in [0.2, 0.25) is 0 Å². The zero-order chi connectivity index (χ0) is 15.2. The maximum absolute atomic E-state index is 11.7. The third-order valence-electron chi connectivity index (χ3n) is 3.39.